The molecule has 2 aromatic carbocycles. The Bertz CT molecular complexity index is 1800. The predicted molar refractivity (Wildman–Crippen MR) is 188 cm³/mol. The average Bonchev–Trinajstić information content (AvgIpc) is 3.47. The molecule has 2 aliphatic rings. The molecule has 0 spiro atoms. The first-order chi connectivity index (χ1) is 23.0. The molecule has 3 heterocycles. The summed E-state index contributed by atoms with van der Waals surface area (Å²) in [6.07, 6.45) is 9.93. The molecule has 2 N–H and O–H groups in total. The number of aryl methyl sites for hydroxylation is 1. The van der Waals surface area contributed by atoms with Crippen LogP contribution in [0.15, 0.2) is 60.9 Å². The molecular formula is C38H46N6O4. The molecule has 252 valence electrons. The zero-order valence-corrected chi connectivity index (χ0v) is 28.6. The largest absolute Gasteiger partial charge is 0.444 e. The number of nitrogens with zero attached hydrogens (tertiary/aromatic N) is 4. The Kier molecular flexibility index (Phi) is 9.53. The van der Waals surface area contributed by atoms with Crippen LogP contribution in [-0.4, -0.2) is 56.6 Å². The van der Waals surface area contributed by atoms with Gasteiger partial charge in [-0.1, -0.05) is 44.0 Å². The van der Waals surface area contributed by atoms with Gasteiger partial charge in [-0.15, -0.1) is 0 Å². The molecule has 6 rings (SSSR count). The van der Waals surface area contributed by atoms with Crippen LogP contribution in [0.25, 0.3) is 22.0 Å². The topological polar surface area (TPSA) is 119 Å². The Morgan fingerprint density at radius 1 is 0.979 bits per heavy atom. The second-order valence-corrected chi connectivity index (χ2v) is 14.5. The number of rotatable bonds is 8. The minimum Gasteiger partial charge on any atom is -0.444 e. The van der Waals surface area contributed by atoms with Crippen molar-refractivity contribution in [1.82, 2.24) is 19.9 Å². The number of benzene rings is 2. The van der Waals surface area contributed by atoms with Gasteiger partial charge < -0.3 is 25.0 Å². The molecule has 0 bridgehead atoms. The van der Waals surface area contributed by atoms with Crippen molar-refractivity contribution >= 4 is 34.4 Å². The van der Waals surface area contributed by atoms with Gasteiger partial charge in [0.2, 0.25) is 17.7 Å². The molecular weight excluding hydrogens is 604 g/mol. The number of carbonyl (C=O) groups is 2. The molecule has 1 aliphatic carbocycles. The third-order valence-electron chi connectivity index (χ3n) is 9.19. The van der Waals surface area contributed by atoms with Crippen LogP contribution in [0, 0.1) is 12.3 Å². The minimum atomic E-state index is -0.547. The number of fused-ring (bicyclic) bond motifs is 1. The molecule has 1 atom stereocenters. The quantitative estimate of drug-likeness (QED) is 0.195. The van der Waals surface area contributed by atoms with Gasteiger partial charge in [-0.25, -0.2) is 19.7 Å². The maximum atomic E-state index is 13.1. The first kappa shape index (κ1) is 33.2. The van der Waals surface area contributed by atoms with E-state index in [2.05, 4.69) is 27.5 Å². The maximum Gasteiger partial charge on any atom is 0.410 e. The molecule has 10 nitrogen and oxygen atoms in total. The Balaban J connectivity index is 1.21. The lowest BCUT2D eigenvalue weighted by Crippen LogP contribution is -2.47. The van der Waals surface area contributed by atoms with Crippen molar-refractivity contribution < 1.29 is 19.1 Å². The number of ether oxygens (including phenoxy) is 2. The summed E-state index contributed by atoms with van der Waals surface area (Å²) in [6.45, 7) is 11.0. The zero-order valence-electron chi connectivity index (χ0n) is 28.6. The van der Waals surface area contributed by atoms with E-state index in [0.29, 0.717) is 48.3 Å². The number of pyridine rings is 1. The summed E-state index contributed by atoms with van der Waals surface area (Å²) in [5.41, 5.74) is 2.60. The van der Waals surface area contributed by atoms with Crippen molar-refractivity contribution in [3.63, 3.8) is 0 Å². The van der Waals surface area contributed by atoms with E-state index >= 15 is 0 Å². The van der Waals surface area contributed by atoms with Gasteiger partial charge in [0.15, 0.2) is 0 Å². The SMILES string of the molecule is Cc1ccc2c(NC(=O)CC3(C)CCCC3)cccc2c1Oc1ncccc1-c1ccnc(NC2CCCN(C(=O)OC(C)(C)C)C2)n1. The molecule has 2 fully saturated rings. The van der Waals surface area contributed by atoms with Crippen LogP contribution in [0.2, 0.25) is 0 Å². The third-order valence-corrected chi connectivity index (χ3v) is 9.19. The Labute approximate surface area is 282 Å². The summed E-state index contributed by atoms with van der Waals surface area (Å²) in [5.74, 6) is 1.59. The van der Waals surface area contributed by atoms with Crippen molar-refractivity contribution in [1.29, 1.82) is 0 Å². The van der Waals surface area contributed by atoms with Crippen molar-refractivity contribution in [2.24, 2.45) is 5.41 Å². The van der Waals surface area contributed by atoms with Crippen molar-refractivity contribution in [3.8, 4) is 22.9 Å². The summed E-state index contributed by atoms with van der Waals surface area (Å²) in [4.78, 5) is 41.5. The summed E-state index contributed by atoms with van der Waals surface area (Å²) >= 11 is 0. The van der Waals surface area contributed by atoms with E-state index in [1.54, 1.807) is 17.3 Å². The standard InChI is InChI=1S/C38H46N6O4/c1-25-15-16-27-28(12-8-14-30(27)42-32(45)23-38(5)18-6-7-19-38)33(25)47-34-29(13-9-20-39-34)31-17-21-40-35(43-31)41-26-11-10-22-44(24-26)36(46)48-37(2,3)4/h8-9,12-17,20-21,26H,6-7,10-11,18-19,22-24H2,1-5H3,(H,42,45)(H,40,41,43). The van der Waals surface area contributed by atoms with Crippen LogP contribution in [0.1, 0.15) is 78.2 Å². The second-order valence-electron chi connectivity index (χ2n) is 14.5. The molecule has 2 aromatic heterocycles. The first-order valence-corrected chi connectivity index (χ1v) is 17.0. The molecule has 2 amide bonds. The number of carbonyl (C=O) groups excluding carboxylic acids is 2. The highest BCUT2D eigenvalue weighted by Crippen LogP contribution is 2.42. The van der Waals surface area contributed by atoms with Crippen molar-refractivity contribution in [3.05, 3.63) is 66.5 Å². The number of amides is 2. The zero-order chi connectivity index (χ0) is 33.9. The highest BCUT2D eigenvalue weighted by atomic mass is 16.6. The van der Waals surface area contributed by atoms with E-state index in [0.717, 1.165) is 47.7 Å². The molecule has 48 heavy (non-hydrogen) atoms. The van der Waals surface area contributed by atoms with Gasteiger partial charge in [-0.3, -0.25) is 4.79 Å². The summed E-state index contributed by atoms with van der Waals surface area (Å²) in [6, 6.07) is 15.5. The Hall–Kier alpha value is -4.73. The number of hydrogen-bond donors (Lipinski definition) is 2. The van der Waals surface area contributed by atoms with E-state index in [1.165, 1.54) is 12.8 Å². The lowest BCUT2D eigenvalue weighted by molar-refractivity contribution is -0.118. The number of aromatic nitrogens is 3. The number of piperidine rings is 1. The molecule has 1 saturated carbocycles. The molecule has 1 unspecified atom stereocenters. The molecule has 0 radical (unpaired) electrons. The monoisotopic (exact) mass is 650 g/mol. The molecule has 4 aromatic rings. The fraction of sp³-hybridized carbons (Fsp3) is 0.447. The summed E-state index contributed by atoms with van der Waals surface area (Å²) in [5, 5.41) is 8.39. The molecule has 1 saturated heterocycles. The minimum absolute atomic E-state index is 0.0137. The van der Waals surface area contributed by atoms with Gasteiger partial charge in [0.05, 0.1) is 11.3 Å². The Morgan fingerprint density at radius 2 is 1.79 bits per heavy atom. The highest BCUT2D eigenvalue weighted by Gasteiger charge is 2.31. The van der Waals surface area contributed by atoms with Crippen LogP contribution in [0.3, 0.4) is 0 Å². The summed E-state index contributed by atoms with van der Waals surface area (Å²) < 4.78 is 12.2. The van der Waals surface area contributed by atoms with E-state index < -0.39 is 5.60 Å². The van der Waals surface area contributed by atoms with E-state index in [9.17, 15) is 9.59 Å². The van der Waals surface area contributed by atoms with E-state index in [-0.39, 0.29) is 23.5 Å². The van der Waals surface area contributed by atoms with E-state index in [4.69, 9.17) is 14.5 Å². The van der Waals surface area contributed by atoms with Crippen molar-refractivity contribution in [2.75, 3.05) is 23.7 Å². The normalized spacial score (nSPS) is 17.6. The molecule has 1 aliphatic heterocycles. The van der Waals surface area contributed by atoms with Crippen LogP contribution < -0.4 is 15.4 Å². The number of anilines is 2. The van der Waals surface area contributed by atoms with Gasteiger partial charge in [-0.2, -0.15) is 0 Å². The number of likely N-dealkylation sites (tertiary alicyclic amines) is 1. The van der Waals surface area contributed by atoms with Crippen LogP contribution in [0.4, 0.5) is 16.4 Å². The Morgan fingerprint density at radius 3 is 2.58 bits per heavy atom. The smallest absolute Gasteiger partial charge is 0.410 e. The average molecular weight is 651 g/mol. The van der Waals surface area contributed by atoms with Gasteiger partial charge in [0, 0.05) is 54.4 Å². The maximum absolute atomic E-state index is 13.1. The third kappa shape index (κ3) is 7.86. The van der Waals surface area contributed by atoms with Crippen molar-refractivity contribution in [2.45, 2.75) is 91.2 Å². The second kappa shape index (κ2) is 13.8. The van der Waals surface area contributed by atoms with Crippen LogP contribution in [-0.2, 0) is 9.53 Å². The fourth-order valence-corrected chi connectivity index (χ4v) is 6.78. The molecule has 10 heteroatoms. The first-order valence-electron chi connectivity index (χ1n) is 17.0. The van der Waals surface area contributed by atoms with Crippen LogP contribution in [0.5, 0.6) is 11.6 Å². The van der Waals surface area contributed by atoms with Gasteiger partial charge >= 0.3 is 6.09 Å². The fourth-order valence-electron chi connectivity index (χ4n) is 6.78. The highest BCUT2D eigenvalue weighted by molar-refractivity contribution is 6.04. The predicted octanol–water partition coefficient (Wildman–Crippen LogP) is 8.51. The van der Waals surface area contributed by atoms with E-state index in [1.807, 2.05) is 76.2 Å². The van der Waals surface area contributed by atoms with Gasteiger partial charge in [0.25, 0.3) is 0 Å². The lowest BCUT2D eigenvalue weighted by atomic mass is 9.85. The van der Waals surface area contributed by atoms with Gasteiger partial charge in [-0.05, 0) is 88.6 Å². The summed E-state index contributed by atoms with van der Waals surface area (Å²) in [7, 11) is 0. The van der Waals surface area contributed by atoms with Gasteiger partial charge in [0.1, 0.15) is 11.4 Å². The lowest BCUT2D eigenvalue weighted by Gasteiger charge is -2.34. The number of hydrogen-bond acceptors (Lipinski definition) is 8. The van der Waals surface area contributed by atoms with Crippen LogP contribution >= 0.6 is 0 Å². The number of nitrogens with one attached hydrogen (secondary N) is 2.